The maximum absolute atomic E-state index is 11.7. The molecule has 0 aliphatic carbocycles. The third-order valence-electron chi connectivity index (χ3n) is 3.82. The van der Waals surface area contributed by atoms with Crippen LogP contribution in [0.5, 0.6) is 5.75 Å². The summed E-state index contributed by atoms with van der Waals surface area (Å²) in [5, 5.41) is 0.509. The Kier molecular flexibility index (Phi) is 4.06. The Morgan fingerprint density at radius 3 is 3.00 bits per heavy atom. The number of H-pyrrole nitrogens is 1. The molecule has 1 aliphatic rings. The van der Waals surface area contributed by atoms with E-state index in [9.17, 15) is 9.59 Å². The molecule has 0 saturated carbocycles. The van der Waals surface area contributed by atoms with E-state index < -0.39 is 0 Å². The number of nitrogens with zero attached hydrogens (tertiary/aromatic N) is 3. The van der Waals surface area contributed by atoms with Gasteiger partial charge >= 0.3 is 0 Å². The number of carbonyl (C=O) groups is 1. The number of carbonyl (C=O) groups excluding carboxylic acids is 1. The van der Waals surface area contributed by atoms with Gasteiger partial charge in [-0.1, -0.05) is 0 Å². The van der Waals surface area contributed by atoms with Gasteiger partial charge in [-0.05, 0) is 18.2 Å². The molecule has 1 saturated heterocycles. The summed E-state index contributed by atoms with van der Waals surface area (Å²) in [5.74, 6) is 0.765. The van der Waals surface area contributed by atoms with Crippen LogP contribution in [0.3, 0.4) is 0 Å². The largest absolute Gasteiger partial charge is 0.492 e. The monoisotopic (exact) mass is 302 g/mol. The van der Waals surface area contributed by atoms with Crippen molar-refractivity contribution in [2.75, 3.05) is 39.8 Å². The molecule has 1 aromatic heterocycles. The average molecular weight is 302 g/mol. The van der Waals surface area contributed by atoms with E-state index in [1.165, 1.54) is 6.33 Å². The number of fused-ring (bicyclic) bond motifs is 1. The van der Waals surface area contributed by atoms with Crippen molar-refractivity contribution in [3.63, 3.8) is 0 Å². The summed E-state index contributed by atoms with van der Waals surface area (Å²) >= 11 is 0. The number of rotatable bonds is 4. The Balaban J connectivity index is 1.59. The fourth-order valence-electron chi connectivity index (χ4n) is 2.43. The highest BCUT2D eigenvalue weighted by molar-refractivity contribution is 5.79. The van der Waals surface area contributed by atoms with E-state index in [-0.39, 0.29) is 11.5 Å². The van der Waals surface area contributed by atoms with Gasteiger partial charge in [0, 0.05) is 26.7 Å². The van der Waals surface area contributed by atoms with Crippen LogP contribution >= 0.6 is 0 Å². The van der Waals surface area contributed by atoms with Gasteiger partial charge in [0.05, 0.1) is 23.8 Å². The SMILES string of the molecule is CN1CCN(CCOc2ccc3nc[nH]c(=O)c3c2)CC1=O. The molecule has 2 heterocycles. The molecule has 1 aromatic carbocycles. The van der Waals surface area contributed by atoms with Crippen LogP contribution < -0.4 is 10.3 Å². The summed E-state index contributed by atoms with van der Waals surface area (Å²) in [6, 6.07) is 5.25. The number of aromatic amines is 1. The molecule has 7 heteroatoms. The molecular weight excluding hydrogens is 284 g/mol. The van der Waals surface area contributed by atoms with Gasteiger partial charge in [-0.3, -0.25) is 14.5 Å². The molecule has 1 amide bonds. The van der Waals surface area contributed by atoms with Crippen LogP contribution in [0.2, 0.25) is 0 Å². The molecule has 3 rings (SSSR count). The molecule has 116 valence electrons. The predicted molar refractivity (Wildman–Crippen MR) is 81.9 cm³/mol. The highest BCUT2D eigenvalue weighted by Gasteiger charge is 2.20. The number of hydrogen-bond acceptors (Lipinski definition) is 5. The number of aromatic nitrogens is 2. The summed E-state index contributed by atoms with van der Waals surface area (Å²) < 4.78 is 5.69. The molecule has 0 atom stereocenters. The van der Waals surface area contributed by atoms with Crippen molar-refractivity contribution >= 4 is 16.8 Å². The molecule has 22 heavy (non-hydrogen) atoms. The first-order chi connectivity index (χ1) is 10.6. The normalized spacial score (nSPS) is 16.2. The number of hydrogen-bond donors (Lipinski definition) is 1. The standard InChI is InChI=1S/C15H18N4O3/c1-18-4-5-19(9-14(18)20)6-7-22-11-2-3-13-12(8-11)15(21)17-10-16-13/h2-3,8,10H,4-7,9H2,1H3,(H,16,17,21). The molecular formula is C15H18N4O3. The van der Waals surface area contributed by atoms with Crippen molar-refractivity contribution in [3.8, 4) is 5.75 Å². The van der Waals surface area contributed by atoms with Crippen LogP contribution in [0.1, 0.15) is 0 Å². The van der Waals surface area contributed by atoms with Crippen LogP contribution in [-0.2, 0) is 4.79 Å². The third kappa shape index (κ3) is 3.09. The molecule has 1 N–H and O–H groups in total. The van der Waals surface area contributed by atoms with Gasteiger partial charge in [0.25, 0.3) is 5.56 Å². The van der Waals surface area contributed by atoms with Gasteiger partial charge in [-0.2, -0.15) is 0 Å². The molecule has 0 bridgehead atoms. The Morgan fingerprint density at radius 1 is 1.32 bits per heavy atom. The topological polar surface area (TPSA) is 78.5 Å². The van der Waals surface area contributed by atoms with Crippen LogP contribution in [0.25, 0.3) is 10.9 Å². The van der Waals surface area contributed by atoms with Gasteiger partial charge in [0.2, 0.25) is 5.91 Å². The van der Waals surface area contributed by atoms with Crippen molar-refractivity contribution in [1.29, 1.82) is 0 Å². The second-order valence-corrected chi connectivity index (χ2v) is 5.35. The predicted octanol–water partition coefficient (Wildman–Crippen LogP) is 0.0759. The van der Waals surface area contributed by atoms with E-state index in [1.807, 2.05) is 7.05 Å². The minimum absolute atomic E-state index is 0.134. The molecule has 0 unspecified atom stereocenters. The highest BCUT2D eigenvalue weighted by atomic mass is 16.5. The Labute approximate surface area is 127 Å². The van der Waals surface area contributed by atoms with Crippen LogP contribution in [0.15, 0.2) is 29.3 Å². The first kappa shape index (κ1) is 14.5. The number of amides is 1. The van der Waals surface area contributed by atoms with Gasteiger partial charge in [0.1, 0.15) is 12.4 Å². The fraction of sp³-hybridized carbons (Fsp3) is 0.400. The lowest BCUT2D eigenvalue weighted by Gasteiger charge is -2.31. The van der Waals surface area contributed by atoms with Gasteiger partial charge < -0.3 is 14.6 Å². The van der Waals surface area contributed by atoms with E-state index >= 15 is 0 Å². The maximum Gasteiger partial charge on any atom is 0.258 e. The Hall–Kier alpha value is -2.41. The molecule has 1 fully saturated rings. The first-order valence-corrected chi connectivity index (χ1v) is 7.20. The molecule has 0 spiro atoms. The van der Waals surface area contributed by atoms with Gasteiger partial charge in [0.15, 0.2) is 0 Å². The number of ether oxygens (including phenoxy) is 1. The average Bonchev–Trinajstić information content (AvgIpc) is 2.52. The van der Waals surface area contributed by atoms with Crippen LogP contribution in [0.4, 0.5) is 0 Å². The summed E-state index contributed by atoms with van der Waals surface area (Å²) in [7, 11) is 1.82. The van der Waals surface area contributed by atoms with Crippen molar-refractivity contribution < 1.29 is 9.53 Å². The molecule has 1 aliphatic heterocycles. The number of piperazine rings is 1. The highest BCUT2D eigenvalue weighted by Crippen LogP contribution is 2.16. The molecule has 0 radical (unpaired) electrons. The van der Waals surface area contributed by atoms with E-state index in [1.54, 1.807) is 23.1 Å². The lowest BCUT2D eigenvalue weighted by Crippen LogP contribution is -2.49. The molecule has 7 nitrogen and oxygen atoms in total. The van der Waals surface area contributed by atoms with Crippen molar-refractivity contribution in [2.45, 2.75) is 0 Å². The number of benzene rings is 1. The van der Waals surface area contributed by atoms with Gasteiger partial charge in [-0.25, -0.2) is 4.98 Å². The van der Waals surface area contributed by atoms with Gasteiger partial charge in [-0.15, -0.1) is 0 Å². The zero-order valence-corrected chi connectivity index (χ0v) is 12.4. The minimum atomic E-state index is -0.180. The molecule has 2 aromatic rings. The maximum atomic E-state index is 11.7. The first-order valence-electron chi connectivity index (χ1n) is 7.20. The summed E-state index contributed by atoms with van der Waals surface area (Å²) in [6.45, 7) is 3.19. The lowest BCUT2D eigenvalue weighted by atomic mass is 10.2. The Bertz CT molecular complexity index is 743. The zero-order valence-electron chi connectivity index (χ0n) is 12.4. The second kappa shape index (κ2) is 6.15. The third-order valence-corrected chi connectivity index (χ3v) is 3.82. The lowest BCUT2D eigenvalue weighted by molar-refractivity contribution is -0.134. The van der Waals surface area contributed by atoms with Crippen LogP contribution in [0, 0.1) is 0 Å². The van der Waals surface area contributed by atoms with E-state index in [0.717, 1.165) is 13.1 Å². The van der Waals surface area contributed by atoms with E-state index in [4.69, 9.17) is 4.74 Å². The van der Waals surface area contributed by atoms with E-state index in [2.05, 4.69) is 14.9 Å². The van der Waals surface area contributed by atoms with Crippen LogP contribution in [-0.4, -0.2) is 65.5 Å². The van der Waals surface area contributed by atoms with Crippen molar-refractivity contribution in [3.05, 3.63) is 34.9 Å². The van der Waals surface area contributed by atoms with Crippen molar-refractivity contribution in [1.82, 2.24) is 19.8 Å². The fourth-order valence-corrected chi connectivity index (χ4v) is 2.43. The zero-order chi connectivity index (χ0) is 15.5. The summed E-state index contributed by atoms with van der Waals surface area (Å²) in [6.07, 6.45) is 1.38. The van der Waals surface area contributed by atoms with E-state index in [0.29, 0.717) is 36.3 Å². The second-order valence-electron chi connectivity index (χ2n) is 5.35. The minimum Gasteiger partial charge on any atom is -0.492 e. The van der Waals surface area contributed by atoms with Crippen molar-refractivity contribution in [2.24, 2.45) is 0 Å². The number of nitrogens with one attached hydrogen (secondary N) is 1. The summed E-state index contributed by atoms with van der Waals surface area (Å²) in [5.41, 5.74) is 0.459. The Morgan fingerprint density at radius 2 is 2.18 bits per heavy atom. The smallest absolute Gasteiger partial charge is 0.258 e. The quantitative estimate of drug-likeness (QED) is 0.865. The summed E-state index contributed by atoms with van der Waals surface area (Å²) in [4.78, 5) is 33.8. The number of likely N-dealkylation sites (N-methyl/N-ethyl adjacent to an activating group) is 1.